The Bertz CT molecular complexity index is 3770. The summed E-state index contributed by atoms with van der Waals surface area (Å²) in [4.78, 5) is 84.0. The van der Waals surface area contributed by atoms with Crippen molar-refractivity contribution in [3.63, 3.8) is 0 Å². The van der Waals surface area contributed by atoms with Crippen LogP contribution in [0.15, 0.2) is 109 Å². The molecule has 5 N–H and O–H groups in total. The van der Waals surface area contributed by atoms with E-state index in [-0.39, 0.29) is 29.7 Å². The van der Waals surface area contributed by atoms with Gasteiger partial charge in [-0.15, -0.1) is 23.2 Å². The van der Waals surface area contributed by atoms with Crippen LogP contribution in [-0.2, 0) is 4.74 Å². The van der Waals surface area contributed by atoms with Crippen molar-refractivity contribution in [1.29, 1.82) is 0 Å². The number of nitrogens with one attached hydrogen (secondary N) is 3. The van der Waals surface area contributed by atoms with Gasteiger partial charge < -0.3 is 59.3 Å². The van der Waals surface area contributed by atoms with Gasteiger partial charge in [0.05, 0.1) is 11.4 Å². The minimum absolute atomic E-state index is 0.0482. The molecule has 0 spiro atoms. The molecule has 2 atom stereocenters. The second kappa shape index (κ2) is 22.5. The summed E-state index contributed by atoms with van der Waals surface area (Å²) in [6.45, 7) is 11.8. The largest absolute Gasteiger partial charge is 0.444 e. The SMILES string of the molecule is CN1CCN(C(=O)Oc2cc3c(c4ccccc24)[C@H](CCl)CN3C(=O)c2cc3cc(N)ccc3[nH]2)CC1.CN1CCN(C(=O)Oc2cc3c(c4ccccc24)[C@H](CCl)CN3C(=O)c2cc3cc(NC(=O)OC(C)(C)C)ccc3[nH]2)CC1. The monoisotopic (exact) mass is 1130 g/mol. The van der Waals surface area contributed by atoms with Crippen molar-refractivity contribution in [2.45, 2.75) is 38.2 Å². The van der Waals surface area contributed by atoms with E-state index in [1.807, 2.05) is 93.0 Å². The Morgan fingerprint density at radius 1 is 0.580 bits per heavy atom. The van der Waals surface area contributed by atoms with E-state index in [0.717, 1.165) is 80.7 Å². The molecule has 0 saturated carbocycles. The number of likely N-dealkylation sites (N-methyl/N-ethyl adjacent to an activating group) is 2. The van der Waals surface area contributed by atoms with Gasteiger partial charge >= 0.3 is 18.3 Å². The average molecular weight is 1140 g/mol. The molecule has 2 aromatic heterocycles. The number of piperazine rings is 2. The number of hydrogen-bond acceptors (Lipinski definition) is 11. The van der Waals surface area contributed by atoms with E-state index in [4.69, 9.17) is 43.1 Å². The van der Waals surface area contributed by atoms with Crippen molar-refractivity contribution in [1.82, 2.24) is 29.6 Å². The molecule has 0 aliphatic carbocycles. The lowest BCUT2D eigenvalue weighted by Crippen LogP contribution is -2.48. The lowest BCUT2D eigenvalue weighted by Gasteiger charge is -2.31. The van der Waals surface area contributed by atoms with Crippen molar-refractivity contribution in [3.05, 3.63) is 132 Å². The van der Waals surface area contributed by atoms with Crippen molar-refractivity contribution >= 4 is 119 Å². The highest BCUT2D eigenvalue weighted by Gasteiger charge is 2.38. The average Bonchev–Trinajstić information content (AvgIpc) is 4.40. The van der Waals surface area contributed by atoms with E-state index >= 15 is 0 Å². The number of rotatable bonds is 7. The van der Waals surface area contributed by atoms with Crippen LogP contribution in [0.2, 0.25) is 0 Å². The number of aromatic nitrogens is 2. The highest BCUT2D eigenvalue weighted by Crippen LogP contribution is 2.48. The molecule has 20 heteroatoms. The van der Waals surface area contributed by atoms with Crippen LogP contribution in [0, 0.1) is 0 Å². The van der Waals surface area contributed by atoms with E-state index in [2.05, 4.69) is 25.1 Å². The van der Waals surface area contributed by atoms with Gasteiger partial charge in [0.15, 0.2) is 0 Å². The topological polar surface area (TPSA) is 202 Å². The molecule has 0 bridgehead atoms. The van der Waals surface area contributed by atoms with Crippen LogP contribution in [0.25, 0.3) is 43.4 Å². The van der Waals surface area contributed by atoms with Gasteiger partial charge in [-0.25, -0.2) is 14.4 Å². The van der Waals surface area contributed by atoms with Crippen LogP contribution in [0.1, 0.15) is 64.7 Å². The van der Waals surface area contributed by atoms with Gasteiger partial charge in [-0.05, 0) is 105 Å². The molecular weight excluding hydrogens is 1070 g/mol. The number of nitrogens with two attached hydrogens (primary N) is 1. The predicted molar refractivity (Wildman–Crippen MR) is 319 cm³/mol. The van der Waals surface area contributed by atoms with Gasteiger partial charge in [0.25, 0.3) is 11.8 Å². The summed E-state index contributed by atoms with van der Waals surface area (Å²) in [5.74, 6) is 0.989. The number of H-pyrrole nitrogens is 2. The third-order valence-corrected chi connectivity index (χ3v) is 16.2. The molecule has 0 unspecified atom stereocenters. The van der Waals surface area contributed by atoms with Gasteiger partial charge in [-0.1, -0.05) is 48.5 Å². The maximum absolute atomic E-state index is 14.0. The molecule has 4 aliphatic heterocycles. The zero-order valence-electron chi connectivity index (χ0n) is 45.8. The Morgan fingerprint density at radius 3 is 1.46 bits per heavy atom. The number of benzene rings is 6. The van der Waals surface area contributed by atoms with Crippen LogP contribution in [0.4, 0.5) is 37.1 Å². The molecule has 18 nitrogen and oxygen atoms in total. The Morgan fingerprint density at radius 2 is 1.01 bits per heavy atom. The fourth-order valence-electron chi connectivity index (χ4n) is 11.2. The number of alkyl halides is 2. The minimum Gasteiger partial charge on any atom is -0.444 e. The van der Waals surface area contributed by atoms with Crippen LogP contribution in [-0.4, -0.2) is 157 Å². The molecule has 5 amide bonds. The van der Waals surface area contributed by atoms with Gasteiger partial charge in [0.1, 0.15) is 28.5 Å². The highest BCUT2D eigenvalue weighted by atomic mass is 35.5. The molecule has 2 fully saturated rings. The molecule has 420 valence electrons. The normalized spacial score (nSPS) is 17.5. The fourth-order valence-corrected chi connectivity index (χ4v) is 11.7. The molecular formula is C61H64Cl2N10O8. The number of amides is 5. The Hall–Kier alpha value is -8.03. The first-order chi connectivity index (χ1) is 38.9. The fraction of sp³-hybridized carbons (Fsp3) is 0.328. The van der Waals surface area contributed by atoms with Crippen molar-refractivity contribution in [2.75, 3.05) is 112 Å². The molecule has 8 aromatic rings. The van der Waals surface area contributed by atoms with Gasteiger partial charge in [0.2, 0.25) is 0 Å². The summed E-state index contributed by atoms with van der Waals surface area (Å²) in [7, 11) is 4.07. The molecule has 12 rings (SSSR count). The standard InChI is InChI=1S/C33H36ClN5O5.C28H28ClN5O3/c1-33(2,3)44-31(41)35-22-9-10-25-20(15-22)16-26(36-25)30(40)39-19-21(18-34)29-24-8-6-5-7-23(24)28(17-27(29)39)43-32(42)38-13-11-37(4)12-14-38;1-32-8-10-33(11-9-32)28(36)37-25-14-24-26(21-5-3-2-4-20(21)25)18(15-29)16-34(24)27(35)23-13-17-12-19(30)6-7-22(17)31-23/h5-10,15-17,21,36H,11-14,18-19H2,1-4H3,(H,35,41);2-7,12-14,18,31H,8-11,15-16,30H2,1H3/t21-;18-/m11/s1. The smallest absolute Gasteiger partial charge is 0.415 e. The summed E-state index contributed by atoms with van der Waals surface area (Å²) < 4.78 is 17.3. The number of carbonyl (C=O) groups is 5. The van der Waals surface area contributed by atoms with Crippen molar-refractivity contribution in [2.24, 2.45) is 0 Å². The molecule has 81 heavy (non-hydrogen) atoms. The van der Waals surface area contributed by atoms with Crippen molar-refractivity contribution < 1.29 is 38.2 Å². The van der Waals surface area contributed by atoms with E-state index in [1.165, 1.54) is 0 Å². The number of aromatic amines is 2. The number of carbonyl (C=O) groups excluding carboxylic acids is 5. The number of halogens is 2. The van der Waals surface area contributed by atoms with Gasteiger partial charge in [-0.3, -0.25) is 14.9 Å². The molecule has 6 aromatic carbocycles. The number of nitrogen functional groups attached to an aromatic ring is 1. The Balaban J connectivity index is 0.000000173. The maximum atomic E-state index is 14.0. The lowest BCUT2D eigenvalue weighted by molar-refractivity contribution is 0.0635. The zero-order chi connectivity index (χ0) is 56.9. The molecule has 4 aliphatic rings. The quantitative estimate of drug-likeness (QED) is 0.0874. The zero-order valence-corrected chi connectivity index (χ0v) is 47.3. The molecule has 2 saturated heterocycles. The second-order valence-corrected chi connectivity index (χ2v) is 22.8. The van der Waals surface area contributed by atoms with E-state index < -0.39 is 17.8 Å². The Labute approximate surface area is 478 Å². The first-order valence-electron chi connectivity index (χ1n) is 27.1. The summed E-state index contributed by atoms with van der Waals surface area (Å²) >= 11 is 12.9. The van der Waals surface area contributed by atoms with Crippen LogP contribution in [0.3, 0.4) is 0 Å². The highest BCUT2D eigenvalue weighted by molar-refractivity contribution is 6.20. The van der Waals surface area contributed by atoms with E-state index in [9.17, 15) is 24.0 Å². The predicted octanol–water partition coefficient (Wildman–Crippen LogP) is 11.0. The van der Waals surface area contributed by atoms with Crippen LogP contribution in [0.5, 0.6) is 11.5 Å². The summed E-state index contributed by atoms with van der Waals surface area (Å²) in [5.41, 5.74) is 12.3. The number of nitrogens with zero attached hydrogens (tertiary/aromatic N) is 6. The van der Waals surface area contributed by atoms with E-state index in [0.29, 0.717) is 96.7 Å². The number of ether oxygens (including phenoxy) is 3. The number of hydrogen-bond donors (Lipinski definition) is 4. The summed E-state index contributed by atoms with van der Waals surface area (Å²) in [6.07, 6.45) is -1.34. The van der Waals surface area contributed by atoms with Gasteiger partial charge in [-0.2, -0.15) is 0 Å². The lowest BCUT2D eigenvalue weighted by atomic mass is 9.95. The van der Waals surface area contributed by atoms with E-state index in [1.54, 1.807) is 70.7 Å². The number of fused-ring (bicyclic) bond motifs is 8. The molecule has 0 radical (unpaired) electrons. The molecule has 6 heterocycles. The summed E-state index contributed by atoms with van der Waals surface area (Å²) in [5, 5.41) is 7.84. The van der Waals surface area contributed by atoms with Crippen molar-refractivity contribution in [3.8, 4) is 11.5 Å². The van der Waals surface area contributed by atoms with Crippen LogP contribution < -0.4 is 30.3 Å². The van der Waals surface area contributed by atoms with Crippen LogP contribution >= 0.6 is 23.2 Å². The minimum atomic E-state index is -0.622. The third kappa shape index (κ3) is 11.3. The van der Waals surface area contributed by atoms with Gasteiger partial charge in [0, 0.05) is 145 Å². The maximum Gasteiger partial charge on any atom is 0.415 e. The second-order valence-electron chi connectivity index (χ2n) is 22.2. The number of anilines is 4. The Kier molecular flexibility index (Phi) is 15.2. The summed E-state index contributed by atoms with van der Waals surface area (Å²) in [6, 6.07) is 33.6. The first kappa shape index (κ1) is 54.9. The third-order valence-electron chi connectivity index (χ3n) is 15.4. The first-order valence-corrected chi connectivity index (χ1v) is 28.2.